The Kier molecular flexibility index (Phi) is 8.33. The standard InChI is InChI=1S/C19H26N5O2.ClH/c1-5-22(14-15-24(2,3)4)18-10-6-16(7-11-18)20-21-17-8-12-19(13-9-17)23(25)26;/h6-13H,5,14-15H2,1-4H3;1H/q+1;/p-1. The fourth-order valence-electron chi connectivity index (χ4n) is 2.38. The summed E-state index contributed by atoms with van der Waals surface area (Å²) in [5.74, 6) is 0. The van der Waals surface area contributed by atoms with Crippen LogP contribution in [0, 0.1) is 10.1 Å². The van der Waals surface area contributed by atoms with Gasteiger partial charge in [0.05, 0.1) is 50.5 Å². The fraction of sp³-hybridized carbons (Fsp3) is 0.368. The SMILES string of the molecule is CCN(CC[N+](C)(C)C)c1ccc(N=Nc2ccc([N+](=O)[O-])cc2)cc1.[Cl-]. The first kappa shape index (κ1) is 22.5. The maximum absolute atomic E-state index is 10.7. The second-order valence-corrected chi connectivity index (χ2v) is 7.08. The molecule has 0 aliphatic heterocycles. The van der Waals surface area contributed by atoms with Crippen molar-refractivity contribution in [1.29, 1.82) is 0 Å². The molecule has 0 aliphatic carbocycles. The predicted molar refractivity (Wildman–Crippen MR) is 105 cm³/mol. The molecule has 0 bridgehead atoms. The molecule has 0 fully saturated rings. The van der Waals surface area contributed by atoms with E-state index < -0.39 is 4.92 Å². The zero-order chi connectivity index (χ0) is 19.2. The third-order valence-electron chi connectivity index (χ3n) is 3.98. The first-order valence-electron chi connectivity index (χ1n) is 8.60. The molecule has 146 valence electrons. The molecule has 0 atom stereocenters. The number of hydrogen-bond acceptors (Lipinski definition) is 5. The van der Waals surface area contributed by atoms with E-state index in [9.17, 15) is 10.1 Å². The van der Waals surface area contributed by atoms with E-state index in [2.05, 4.69) is 43.2 Å². The second-order valence-electron chi connectivity index (χ2n) is 7.08. The van der Waals surface area contributed by atoms with Gasteiger partial charge in [0.15, 0.2) is 0 Å². The van der Waals surface area contributed by atoms with Crippen molar-refractivity contribution in [1.82, 2.24) is 0 Å². The molecular weight excluding hydrogens is 366 g/mol. The number of halogens is 1. The number of non-ortho nitro benzene ring substituents is 1. The van der Waals surface area contributed by atoms with E-state index in [1.807, 2.05) is 24.3 Å². The van der Waals surface area contributed by atoms with Gasteiger partial charge in [0.2, 0.25) is 0 Å². The Hall–Kier alpha value is -2.51. The Balaban J connectivity index is 0.00000364. The van der Waals surface area contributed by atoms with Crippen LogP contribution in [0.4, 0.5) is 22.7 Å². The highest BCUT2D eigenvalue weighted by atomic mass is 35.5. The molecule has 0 spiro atoms. The van der Waals surface area contributed by atoms with Crippen molar-refractivity contribution < 1.29 is 21.8 Å². The molecule has 2 rings (SSSR count). The number of rotatable bonds is 8. The summed E-state index contributed by atoms with van der Waals surface area (Å²) in [4.78, 5) is 12.6. The van der Waals surface area contributed by atoms with E-state index in [-0.39, 0.29) is 18.1 Å². The van der Waals surface area contributed by atoms with Gasteiger partial charge in [-0.25, -0.2) is 0 Å². The largest absolute Gasteiger partial charge is 1.00 e. The zero-order valence-corrected chi connectivity index (χ0v) is 16.9. The van der Waals surface area contributed by atoms with Crippen LogP contribution in [0.3, 0.4) is 0 Å². The van der Waals surface area contributed by atoms with Crippen LogP contribution in [0.1, 0.15) is 6.92 Å². The molecule has 0 radical (unpaired) electrons. The number of hydrogen-bond donors (Lipinski definition) is 0. The van der Waals surface area contributed by atoms with Crippen LogP contribution in [0.15, 0.2) is 58.8 Å². The van der Waals surface area contributed by atoms with Crippen LogP contribution >= 0.6 is 0 Å². The average Bonchev–Trinajstić information content (AvgIpc) is 2.61. The van der Waals surface area contributed by atoms with Crippen LogP contribution in [0.2, 0.25) is 0 Å². The van der Waals surface area contributed by atoms with Gasteiger partial charge in [-0.05, 0) is 43.3 Å². The Bertz CT molecular complexity index is 755. The average molecular weight is 392 g/mol. The van der Waals surface area contributed by atoms with Crippen molar-refractivity contribution in [3.63, 3.8) is 0 Å². The van der Waals surface area contributed by atoms with E-state index >= 15 is 0 Å². The molecule has 0 saturated carbocycles. The summed E-state index contributed by atoms with van der Waals surface area (Å²) in [5, 5.41) is 19.0. The lowest BCUT2D eigenvalue weighted by Crippen LogP contribution is -3.00. The van der Waals surface area contributed by atoms with Crippen molar-refractivity contribution in [3.8, 4) is 0 Å². The molecule has 2 aromatic rings. The van der Waals surface area contributed by atoms with Crippen LogP contribution < -0.4 is 17.3 Å². The Morgan fingerprint density at radius 3 is 1.85 bits per heavy atom. The summed E-state index contributed by atoms with van der Waals surface area (Å²) in [6.07, 6.45) is 0. The number of quaternary nitrogens is 1. The third-order valence-corrected chi connectivity index (χ3v) is 3.98. The van der Waals surface area contributed by atoms with Gasteiger partial charge in [0.1, 0.15) is 0 Å². The molecule has 0 aliphatic rings. The summed E-state index contributed by atoms with van der Waals surface area (Å²) >= 11 is 0. The summed E-state index contributed by atoms with van der Waals surface area (Å²) < 4.78 is 0.929. The van der Waals surface area contributed by atoms with Gasteiger partial charge >= 0.3 is 0 Å². The van der Waals surface area contributed by atoms with Crippen molar-refractivity contribution in [3.05, 3.63) is 58.6 Å². The smallest absolute Gasteiger partial charge is 0.269 e. The maximum atomic E-state index is 10.7. The molecule has 0 N–H and O–H groups in total. The van der Waals surface area contributed by atoms with Gasteiger partial charge in [-0.3, -0.25) is 10.1 Å². The molecule has 0 unspecified atom stereocenters. The third kappa shape index (κ3) is 7.32. The Morgan fingerprint density at radius 1 is 0.963 bits per heavy atom. The van der Waals surface area contributed by atoms with Crippen LogP contribution in [0.5, 0.6) is 0 Å². The van der Waals surface area contributed by atoms with E-state index in [4.69, 9.17) is 0 Å². The fourth-order valence-corrected chi connectivity index (χ4v) is 2.38. The van der Waals surface area contributed by atoms with Crippen molar-refractivity contribution in [2.75, 3.05) is 45.7 Å². The van der Waals surface area contributed by atoms with Gasteiger partial charge in [-0.15, -0.1) is 0 Å². The van der Waals surface area contributed by atoms with E-state index in [1.54, 1.807) is 12.1 Å². The number of benzene rings is 2. The second kappa shape index (κ2) is 9.99. The number of nitrogens with zero attached hydrogens (tertiary/aromatic N) is 5. The molecule has 0 saturated heterocycles. The van der Waals surface area contributed by atoms with Gasteiger partial charge in [-0.2, -0.15) is 10.2 Å². The van der Waals surface area contributed by atoms with E-state index in [1.165, 1.54) is 12.1 Å². The molecular formula is C19H26ClN5O2. The summed E-state index contributed by atoms with van der Waals surface area (Å²) in [6.45, 7) is 5.15. The van der Waals surface area contributed by atoms with Crippen LogP contribution in [-0.2, 0) is 0 Å². The molecule has 7 nitrogen and oxygen atoms in total. The normalized spacial score (nSPS) is 11.3. The number of nitro groups is 1. The van der Waals surface area contributed by atoms with Gasteiger partial charge in [-0.1, -0.05) is 0 Å². The van der Waals surface area contributed by atoms with Gasteiger partial charge in [0.25, 0.3) is 5.69 Å². The maximum Gasteiger partial charge on any atom is 0.269 e. The number of anilines is 1. The monoisotopic (exact) mass is 391 g/mol. The predicted octanol–water partition coefficient (Wildman–Crippen LogP) is 1.55. The minimum Gasteiger partial charge on any atom is -1.00 e. The highest BCUT2D eigenvalue weighted by molar-refractivity contribution is 5.53. The number of nitro benzene ring substituents is 1. The van der Waals surface area contributed by atoms with Gasteiger partial charge in [0, 0.05) is 24.4 Å². The minimum atomic E-state index is -0.433. The summed E-state index contributed by atoms with van der Waals surface area (Å²) in [6, 6.07) is 14.0. The molecule has 0 heterocycles. The van der Waals surface area contributed by atoms with Gasteiger partial charge < -0.3 is 21.8 Å². The zero-order valence-electron chi connectivity index (χ0n) is 16.2. The molecule has 8 heteroatoms. The quantitative estimate of drug-likeness (QED) is 0.296. The van der Waals surface area contributed by atoms with Crippen molar-refractivity contribution >= 4 is 22.7 Å². The molecule has 27 heavy (non-hydrogen) atoms. The topological polar surface area (TPSA) is 71.1 Å². The van der Waals surface area contributed by atoms with Crippen molar-refractivity contribution in [2.24, 2.45) is 10.2 Å². The molecule has 0 amide bonds. The van der Waals surface area contributed by atoms with E-state index in [0.717, 1.165) is 35.5 Å². The summed E-state index contributed by atoms with van der Waals surface area (Å²) in [7, 11) is 6.57. The van der Waals surface area contributed by atoms with Crippen molar-refractivity contribution in [2.45, 2.75) is 6.92 Å². The lowest BCUT2D eigenvalue weighted by atomic mass is 10.2. The number of azo groups is 1. The Morgan fingerprint density at radius 2 is 1.44 bits per heavy atom. The number of likely N-dealkylation sites (N-methyl/N-ethyl adjacent to an activating group) is 2. The minimum absolute atomic E-state index is 0. The van der Waals surface area contributed by atoms with E-state index in [0.29, 0.717) is 5.69 Å². The molecule has 0 aromatic heterocycles. The summed E-state index contributed by atoms with van der Waals surface area (Å²) in [5.41, 5.74) is 2.53. The highest BCUT2D eigenvalue weighted by Crippen LogP contribution is 2.23. The van der Waals surface area contributed by atoms with Crippen LogP contribution in [0.25, 0.3) is 0 Å². The lowest BCUT2D eigenvalue weighted by molar-refractivity contribution is -0.868. The first-order valence-corrected chi connectivity index (χ1v) is 8.60. The molecule has 2 aromatic carbocycles. The Labute approximate surface area is 166 Å². The lowest BCUT2D eigenvalue weighted by Gasteiger charge is -2.29. The first-order chi connectivity index (χ1) is 12.3. The van der Waals surface area contributed by atoms with Crippen LogP contribution in [-0.4, -0.2) is 50.2 Å². The highest BCUT2D eigenvalue weighted by Gasteiger charge is 2.11.